The van der Waals surface area contributed by atoms with Gasteiger partial charge in [0.05, 0.1) is 6.10 Å². The number of nitrogens with one attached hydrogen (secondary N) is 1. The lowest BCUT2D eigenvalue weighted by atomic mass is 9.89. The molecular formula is C12H16FNO. The molecule has 2 rings (SSSR count). The standard InChI is InChI=1S/C12H16FNO/c13-11-3-1-9(2-4-11)7-10-5-6-14-8-12(10)15/h1-4,10,12,14-15H,5-8H2/t10-,12-/m0/s1. The Labute approximate surface area is 89.1 Å². The van der Waals surface area contributed by atoms with Gasteiger partial charge in [-0.2, -0.15) is 0 Å². The third-order valence-corrected chi connectivity index (χ3v) is 3.00. The second-order valence-electron chi connectivity index (χ2n) is 4.15. The Morgan fingerprint density at radius 3 is 2.73 bits per heavy atom. The summed E-state index contributed by atoms with van der Waals surface area (Å²) in [5, 5.41) is 12.9. The van der Waals surface area contributed by atoms with Gasteiger partial charge in [-0.05, 0) is 43.0 Å². The molecule has 1 fully saturated rings. The summed E-state index contributed by atoms with van der Waals surface area (Å²) in [6.07, 6.45) is 1.55. The molecule has 1 saturated heterocycles. The second kappa shape index (κ2) is 4.73. The molecule has 1 aromatic carbocycles. The zero-order valence-electron chi connectivity index (χ0n) is 8.62. The van der Waals surface area contributed by atoms with E-state index in [1.807, 2.05) is 0 Å². The molecule has 0 aromatic heterocycles. The summed E-state index contributed by atoms with van der Waals surface area (Å²) < 4.78 is 12.7. The average molecular weight is 209 g/mol. The highest BCUT2D eigenvalue weighted by Gasteiger charge is 2.22. The van der Waals surface area contributed by atoms with Crippen LogP contribution in [0.2, 0.25) is 0 Å². The number of halogens is 1. The number of rotatable bonds is 2. The first-order chi connectivity index (χ1) is 7.25. The van der Waals surface area contributed by atoms with Crippen molar-refractivity contribution in [2.24, 2.45) is 5.92 Å². The van der Waals surface area contributed by atoms with Crippen LogP contribution in [0.25, 0.3) is 0 Å². The van der Waals surface area contributed by atoms with Crippen molar-refractivity contribution < 1.29 is 9.50 Å². The predicted molar refractivity (Wildman–Crippen MR) is 57.1 cm³/mol. The molecular weight excluding hydrogens is 193 g/mol. The van der Waals surface area contributed by atoms with Crippen LogP contribution in [-0.4, -0.2) is 24.3 Å². The Morgan fingerprint density at radius 1 is 1.33 bits per heavy atom. The van der Waals surface area contributed by atoms with Gasteiger partial charge in [0, 0.05) is 6.54 Å². The Hall–Kier alpha value is -0.930. The number of hydrogen-bond acceptors (Lipinski definition) is 2. The van der Waals surface area contributed by atoms with Crippen LogP contribution in [0.5, 0.6) is 0 Å². The molecule has 2 atom stereocenters. The quantitative estimate of drug-likeness (QED) is 0.770. The maximum atomic E-state index is 12.7. The molecule has 2 N–H and O–H groups in total. The van der Waals surface area contributed by atoms with E-state index < -0.39 is 0 Å². The highest BCUT2D eigenvalue weighted by Crippen LogP contribution is 2.18. The second-order valence-corrected chi connectivity index (χ2v) is 4.15. The van der Waals surface area contributed by atoms with E-state index in [4.69, 9.17) is 0 Å². The van der Waals surface area contributed by atoms with E-state index in [1.165, 1.54) is 12.1 Å². The zero-order valence-corrected chi connectivity index (χ0v) is 8.62. The molecule has 82 valence electrons. The minimum Gasteiger partial charge on any atom is -0.392 e. The maximum Gasteiger partial charge on any atom is 0.123 e. The van der Waals surface area contributed by atoms with Gasteiger partial charge in [-0.15, -0.1) is 0 Å². The molecule has 1 aliphatic heterocycles. The van der Waals surface area contributed by atoms with Crippen molar-refractivity contribution in [1.29, 1.82) is 0 Å². The fourth-order valence-corrected chi connectivity index (χ4v) is 2.06. The summed E-state index contributed by atoms with van der Waals surface area (Å²) >= 11 is 0. The third kappa shape index (κ3) is 2.76. The normalized spacial score (nSPS) is 26.5. The van der Waals surface area contributed by atoms with E-state index in [9.17, 15) is 9.50 Å². The van der Waals surface area contributed by atoms with Crippen molar-refractivity contribution in [2.45, 2.75) is 18.9 Å². The molecule has 1 aromatic rings. The molecule has 0 spiro atoms. The molecule has 3 heteroatoms. The summed E-state index contributed by atoms with van der Waals surface area (Å²) in [7, 11) is 0. The van der Waals surface area contributed by atoms with Crippen molar-refractivity contribution in [3.8, 4) is 0 Å². The van der Waals surface area contributed by atoms with Crippen molar-refractivity contribution in [3.05, 3.63) is 35.6 Å². The van der Waals surface area contributed by atoms with E-state index in [-0.39, 0.29) is 11.9 Å². The van der Waals surface area contributed by atoms with Crippen LogP contribution in [0.4, 0.5) is 4.39 Å². The SMILES string of the molecule is O[C@H]1CNCC[C@H]1Cc1ccc(F)cc1. The van der Waals surface area contributed by atoms with E-state index in [1.54, 1.807) is 12.1 Å². The van der Waals surface area contributed by atoms with Gasteiger partial charge >= 0.3 is 0 Å². The fourth-order valence-electron chi connectivity index (χ4n) is 2.06. The lowest BCUT2D eigenvalue weighted by Crippen LogP contribution is -2.41. The summed E-state index contributed by atoms with van der Waals surface area (Å²) in [6.45, 7) is 1.63. The largest absolute Gasteiger partial charge is 0.392 e. The van der Waals surface area contributed by atoms with Gasteiger partial charge in [0.15, 0.2) is 0 Å². The number of benzene rings is 1. The molecule has 0 unspecified atom stereocenters. The van der Waals surface area contributed by atoms with Gasteiger partial charge in [-0.1, -0.05) is 12.1 Å². The van der Waals surface area contributed by atoms with Crippen molar-refractivity contribution in [1.82, 2.24) is 5.32 Å². The van der Waals surface area contributed by atoms with E-state index in [2.05, 4.69) is 5.32 Å². The van der Waals surface area contributed by atoms with Crippen molar-refractivity contribution in [3.63, 3.8) is 0 Å². The van der Waals surface area contributed by atoms with Crippen LogP contribution >= 0.6 is 0 Å². The van der Waals surface area contributed by atoms with Crippen molar-refractivity contribution >= 4 is 0 Å². The fraction of sp³-hybridized carbons (Fsp3) is 0.500. The smallest absolute Gasteiger partial charge is 0.123 e. The molecule has 0 amide bonds. The highest BCUT2D eigenvalue weighted by molar-refractivity contribution is 5.17. The molecule has 1 heterocycles. The summed E-state index contributed by atoms with van der Waals surface area (Å²) in [4.78, 5) is 0. The first-order valence-corrected chi connectivity index (χ1v) is 5.39. The lowest BCUT2D eigenvalue weighted by molar-refractivity contribution is 0.0820. The maximum absolute atomic E-state index is 12.7. The van der Waals surface area contributed by atoms with Gasteiger partial charge in [0.2, 0.25) is 0 Å². The van der Waals surface area contributed by atoms with E-state index in [0.29, 0.717) is 12.5 Å². The number of hydrogen-bond donors (Lipinski definition) is 2. The Bertz CT molecular complexity index is 312. The van der Waals surface area contributed by atoms with Crippen LogP contribution < -0.4 is 5.32 Å². The van der Waals surface area contributed by atoms with E-state index in [0.717, 1.165) is 24.9 Å². The average Bonchev–Trinajstić information content (AvgIpc) is 2.25. The van der Waals surface area contributed by atoms with Crippen LogP contribution in [0, 0.1) is 11.7 Å². The van der Waals surface area contributed by atoms with Crippen LogP contribution in [0.1, 0.15) is 12.0 Å². The number of piperidine rings is 1. The molecule has 0 aliphatic carbocycles. The first-order valence-electron chi connectivity index (χ1n) is 5.39. The Kier molecular flexibility index (Phi) is 3.34. The van der Waals surface area contributed by atoms with Gasteiger partial charge < -0.3 is 10.4 Å². The predicted octanol–water partition coefficient (Wildman–Crippen LogP) is 1.34. The topological polar surface area (TPSA) is 32.3 Å². The minimum atomic E-state index is -0.274. The molecule has 15 heavy (non-hydrogen) atoms. The zero-order chi connectivity index (χ0) is 10.7. The number of aliphatic hydroxyl groups excluding tert-OH is 1. The Morgan fingerprint density at radius 2 is 2.07 bits per heavy atom. The monoisotopic (exact) mass is 209 g/mol. The number of β-amino-alcohol motifs (C(OH)–C–C–N with tert-alkyl or cyclic N) is 1. The van der Waals surface area contributed by atoms with Crippen LogP contribution in [0.15, 0.2) is 24.3 Å². The van der Waals surface area contributed by atoms with Gasteiger partial charge in [0.25, 0.3) is 0 Å². The van der Waals surface area contributed by atoms with Gasteiger partial charge in [-0.3, -0.25) is 0 Å². The number of aliphatic hydroxyl groups is 1. The van der Waals surface area contributed by atoms with Crippen LogP contribution in [0.3, 0.4) is 0 Å². The summed E-state index contributed by atoms with van der Waals surface area (Å²) in [5.74, 6) is 0.0984. The van der Waals surface area contributed by atoms with Crippen LogP contribution in [-0.2, 0) is 6.42 Å². The summed E-state index contributed by atoms with van der Waals surface area (Å²) in [6, 6.07) is 6.54. The van der Waals surface area contributed by atoms with E-state index >= 15 is 0 Å². The third-order valence-electron chi connectivity index (χ3n) is 3.00. The van der Waals surface area contributed by atoms with Crippen molar-refractivity contribution in [2.75, 3.05) is 13.1 Å². The van der Waals surface area contributed by atoms with Gasteiger partial charge in [-0.25, -0.2) is 4.39 Å². The molecule has 2 nitrogen and oxygen atoms in total. The Balaban J connectivity index is 1.98. The van der Waals surface area contributed by atoms with Gasteiger partial charge in [0.1, 0.15) is 5.82 Å². The highest BCUT2D eigenvalue weighted by atomic mass is 19.1. The molecule has 1 aliphatic rings. The molecule has 0 saturated carbocycles. The first kappa shape index (κ1) is 10.6. The minimum absolute atomic E-state index is 0.204. The molecule has 0 bridgehead atoms. The summed E-state index contributed by atoms with van der Waals surface area (Å²) in [5.41, 5.74) is 1.10. The lowest BCUT2D eigenvalue weighted by Gasteiger charge is -2.28. The molecule has 0 radical (unpaired) electrons.